The molecule has 0 aliphatic rings. The van der Waals surface area contributed by atoms with E-state index in [1.54, 1.807) is 50.2 Å². The Morgan fingerprint density at radius 2 is 1.68 bits per heavy atom. The smallest absolute Gasteiger partial charge is 0.244 e. The minimum absolute atomic E-state index is 0.0398. The maximum absolute atomic E-state index is 13.6. The van der Waals surface area contributed by atoms with Crippen molar-refractivity contribution in [3.63, 3.8) is 0 Å². The average molecular weight is 492 g/mol. The van der Waals surface area contributed by atoms with E-state index >= 15 is 0 Å². The van der Waals surface area contributed by atoms with Crippen molar-refractivity contribution in [3.8, 4) is 0 Å². The molecule has 0 heterocycles. The molecule has 0 unspecified atom stereocenters. The summed E-state index contributed by atoms with van der Waals surface area (Å²) >= 11 is 0. The van der Waals surface area contributed by atoms with Gasteiger partial charge in [-0.05, 0) is 48.6 Å². The number of aryl methyl sites for hydroxylation is 1. The number of amides is 2. The molecule has 1 N–H and O–H groups in total. The molecule has 9 heteroatoms. The Hall–Kier alpha value is -2.94. The van der Waals surface area contributed by atoms with Crippen molar-refractivity contribution in [2.75, 3.05) is 23.7 Å². The monoisotopic (exact) mass is 491 g/mol. The van der Waals surface area contributed by atoms with Crippen molar-refractivity contribution in [3.05, 3.63) is 65.5 Å². The zero-order valence-electron chi connectivity index (χ0n) is 20.4. The highest BCUT2D eigenvalue weighted by atomic mass is 32.2. The molecule has 2 amide bonds. The zero-order chi connectivity index (χ0) is 25.5. The summed E-state index contributed by atoms with van der Waals surface area (Å²) in [7, 11) is -3.79. The van der Waals surface area contributed by atoms with Crippen LogP contribution in [0.2, 0.25) is 0 Å². The fraction of sp³-hybridized carbons (Fsp3) is 0.440. The van der Waals surface area contributed by atoms with Gasteiger partial charge in [-0.3, -0.25) is 13.9 Å². The van der Waals surface area contributed by atoms with Crippen LogP contribution in [0.25, 0.3) is 0 Å². The SMILES string of the molecule is CC[C@@H](C(=O)NCC(C)C)N(Cc1ccc(F)cc1)C(=O)CN(c1ccccc1C)S(C)(=O)=O. The van der Waals surface area contributed by atoms with Gasteiger partial charge in [-0.15, -0.1) is 0 Å². The lowest BCUT2D eigenvalue weighted by Crippen LogP contribution is -2.52. The van der Waals surface area contributed by atoms with Crippen LogP contribution in [-0.4, -0.2) is 50.5 Å². The minimum Gasteiger partial charge on any atom is -0.354 e. The number of rotatable bonds is 11. The second-order valence-electron chi connectivity index (χ2n) is 8.77. The van der Waals surface area contributed by atoms with Crippen LogP contribution in [0.3, 0.4) is 0 Å². The Morgan fingerprint density at radius 3 is 2.21 bits per heavy atom. The zero-order valence-corrected chi connectivity index (χ0v) is 21.2. The number of carbonyl (C=O) groups is 2. The van der Waals surface area contributed by atoms with Gasteiger partial charge in [-0.2, -0.15) is 0 Å². The molecule has 0 saturated heterocycles. The predicted octanol–water partition coefficient (Wildman–Crippen LogP) is 3.48. The Balaban J connectivity index is 2.42. The van der Waals surface area contributed by atoms with E-state index in [0.29, 0.717) is 29.8 Å². The molecule has 2 aromatic carbocycles. The normalized spacial score (nSPS) is 12.3. The Labute approximate surface area is 202 Å². The van der Waals surface area contributed by atoms with Gasteiger partial charge in [-0.25, -0.2) is 12.8 Å². The lowest BCUT2D eigenvalue weighted by Gasteiger charge is -2.33. The first-order chi connectivity index (χ1) is 15.9. The number of sulfonamides is 1. The van der Waals surface area contributed by atoms with Crippen LogP contribution in [-0.2, 0) is 26.2 Å². The van der Waals surface area contributed by atoms with Gasteiger partial charge in [0.15, 0.2) is 0 Å². The van der Waals surface area contributed by atoms with E-state index < -0.39 is 34.3 Å². The van der Waals surface area contributed by atoms with E-state index in [1.165, 1.54) is 17.0 Å². The van der Waals surface area contributed by atoms with Crippen LogP contribution in [0.15, 0.2) is 48.5 Å². The molecule has 2 aromatic rings. The standard InChI is InChI=1S/C25H34FN3O4S/c1-6-22(25(31)27-15-18(2)3)28(16-20-11-13-21(26)14-12-20)24(30)17-29(34(5,32)33)23-10-8-7-9-19(23)4/h7-14,18,22H,6,15-17H2,1-5H3,(H,27,31)/t22-/m0/s1. The molecule has 0 radical (unpaired) electrons. The summed E-state index contributed by atoms with van der Waals surface area (Å²) in [4.78, 5) is 27.9. The fourth-order valence-corrected chi connectivity index (χ4v) is 4.47. The molecule has 7 nitrogen and oxygen atoms in total. The summed E-state index contributed by atoms with van der Waals surface area (Å²) in [6, 6.07) is 11.7. The first-order valence-electron chi connectivity index (χ1n) is 11.3. The number of halogens is 1. The maximum atomic E-state index is 13.6. The van der Waals surface area contributed by atoms with Crippen LogP contribution in [0.4, 0.5) is 10.1 Å². The number of carbonyl (C=O) groups excluding carboxylic acids is 2. The molecule has 0 spiro atoms. The average Bonchev–Trinajstić information content (AvgIpc) is 2.77. The first kappa shape index (κ1) is 27.3. The van der Waals surface area contributed by atoms with Crippen LogP contribution in [0.1, 0.15) is 38.3 Å². The highest BCUT2D eigenvalue weighted by molar-refractivity contribution is 7.92. The number of anilines is 1. The Bertz CT molecular complexity index is 1090. The van der Waals surface area contributed by atoms with Gasteiger partial charge < -0.3 is 10.2 Å². The van der Waals surface area contributed by atoms with E-state index in [9.17, 15) is 22.4 Å². The summed E-state index contributed by atoms with van der Waals surface area (Å²) in [5, 5.41) is 2.86. The summed E-state index contributed by atoms with van der Waals surface area (Å²) < 4.78 is 39.7. The van der Waals surface area contributed by atoms with Crippen LogP contribution >= 0.6 is 0 Å². The molecule has 186 valence electrons. The lowest BCUT2D eigenvalue weighted by molar-refractivity contribution is -0.140. The first-order valence-corrected chi connectivity index (χ1v) is 13.1. The van der Waals surface area contributed by atoms with Gasteiger partial charge in [0, 0.05) is 13.1 Å². The third-order valence-electron chi connectivity index (χ3n) is 5.40. The van der Waals surface area contributed by atoms with Crippen LogP contribution < -0.4 is 9.62 Å². The predicted molar refractivity (Wildman–Crippen MR) is 132 cm³/mol. The number of benzene rings is 2. The molecule has 34 heavy (non-hydrogen) atoms. The van der Waals surface area contributed by atoms with E-state index in [4.69, 9.17) is 0 Å². The van der Waals surface area contributed by atoms with Gasteiger partial charge in [0.1, 0.15) is 18.4 Å². The molecular weight excluding hydrogens is 457 g/mol. The molecule has 2 rings (SSSR count). The number of nitrogens with zero attached hydrogens (tertiary/aromatic N) is 2. The van der Waals surface area contributed by atoms with Crippen molar-refractivity contribution in [2.24, 2.45) is 5.92 Å². The van der Waals surface area contributed by atoms with Crippen molar-refractivity contribution < 1.29 is 22.4 Å². The third-order valence-corrected chi connectivity index (χ3v) is 6.53. The maximum Gasteiger partial charge on any atom is 0.244 e. The second-order valence-corrected chi connectivity index (χ2v) is 10.7. The highest BCUT2D eigenvalue weighted by Crippen LogP contribution is 2.23. The quantitative estimate of drug-likeness (QED) is 0.521. The summed E-state index contributed by atoms with van der Waals surface area (Å²) in [6.45, 7) is 7.52. The van der Waals surface area contributed by atoms with E-state index in [0.717, 1.165) is 10.6 Å². The molecule has 0 aliphatic heterocycles. The molecule has 0 saturated carbocycles. The molecule has 0 bridgehead atoms. The van der Waals surface area contributed by atoms with E-state index in [1.807, 2.05) is 13.8 Å². The highest BCUT2D eigenvalue weighted by Gasteiger charge is 2.32. The summed E-state index contributed by atoms with van der Waals surface area (Å²) in [5.41, 5.74) is 1.73. The van der Waals surface area contributed by atoms with E-state index in [2.05, 4.69) is 5.32 Å². The molecule has 1 atom stereocenters. The molecule has 0 fully saturated rings. The van der Waals surface area contributed by atoms with Crippen LogP contribution in [0, 0.1) is 18.7 Å². The topological polar surface area (TPSA) is 86.8 Å². The number of hydrogen-bond acceptors (Lipinski definition) is 4. The van der Waals surface area contributed by atoms with Gasteiger partial charge in [0.25, 0.3) is 0 Å². The third kappa shape index (κ3) is 7.55. The largest absolute Gasteiger partial charge is 0.354 e. The lowest BCUT2D eigenvalue weighted by atomic mass is 10.1. The van der Waals surface area contributed by atoms with Gasteiger partial charge in [0.2, 0.25) is 21.8 Å². The van der Waals surface area contributed by atoms with Gasteiger partial charge >= 0.3 is 0 Å². The molecule has 0 aromatic heterocycles. The van der Waals surface area contributed by atoms with Crippen molar-refractivity contribution in [2.45, 2.75) is 46.7 Å². The summed E-state index contributed by atoms with van der Waals surface area (Å²) in [5.74, 6) is -1.02. The van der Waals surface area contributed by atoms with Crippen molar-refractivity contribution in [1.29, 1.82) is 0 Å². The number of nitrogens with one attached hydrogen (secondary N) is 1. The van der Waals surface area contributed by atoms with Crippen molar-refractivity contribution >= 4 is 27.5 Å². The van der Waals surface area contributed by atoms with Crippen LogP contribution in [0.5, 0.6) is 0 Å². The second kappa shape index (κ2) is 12.0. The number of para-hydroxylation sites is 1. The van der Waals surface area contributed by atoms with E-state index in [-0.39, 0.29) is 18.4 Å². The fourth-order valence-electron chi connectivity index (χ4n) is 3.57. The van der Waals surface area contributed by atoms with Gasteiger partial charge in [-0.1, -0.05) is 51.1 Å². The number of hydrogen-bond donors (Lipinski definition) is 1. The molecular formula is C25H34FN3O4S. The summed E-state index contributed by atoms with van der Waals surface area (Å²) in [6.07, 6.45) is 1.38. The van der Waals surface area contributed by atoms with Gasteiger partial charge in [0.05, 0.1) is 11.9 Å². The Morgan fingerprint density at radius 1 is 1.06 bits per heavy atom. The molecule has 0 aliphatic carbocycles. The Kier molecular flexibility index (Phi) is 9.61. The van der Waals surface area contributed by atoms with Crippen molar-refractivity contribution in [1.82, 2.24) is 10.2 Å². The minimum atomic E-state index is -3.79.